The van der Waals surface area contributed by atoms with Crippen molar-refractivity contribution in [3.8, 4) is 17.2 Å². The molecular weight excluding hydrogens is 449 g/mol. The predicted octanol–water partition coefficient (Wildman–Crippen LogP) is 4.89. The summed E-state index contributed by atoms with van der Waals surface area (Å²) in [6.45, 7) is 5.61. The summed E-state index contributed by atoms with van der Waals surface area (Å²) in [5.74, 6) is 0.673. The monoisotopic (exact) mass is 478 g/mol. The Labute approximate surface area is 197 Å². The molecule has 0 aliphatic carbocycles. The van der Waals surface area contributed by atoms with Gasteiger partial charge in [-0.25, -0.2) is 0 Å². The van der Waals surface area contributed by atoms with E-state index >= 15 is 0 Å². The average molecular weight is 479 g/mol. The Morgan fingerprint density at radius 1 is 1.00 bits per heavy atom. The molecule has 2 aliphatic rings. The van der Waals surface area contributed by atoms with E-state index in [9.17, 15) is 18.3 Å². The van der Waals surface area contributed by atoms with E-state index in [-0.39, 0.29) is 5.75 Å². The zero-order valence-electron chi connectivity index (χ0n) is 19.0. The van der Waals surface area contributed by atoms with Crippen molar-refractivity contribution in [3.05, 3.63) is 60.6 Å². The van der Waals surface area contributed by atoms with E-state index < -0.39 is 18.4 Å². The highest BCUT2D eigenvalue weighted by molar-refractivity contribution is 5.66. The van der Waals surface area contributed by atoms with E-state index in [1.165, 1.54) is 24.7 Å². The molecule has 2 atom stereocenters. The third-order valence-electron chi connectivity index (χ3n) is 6.29. The molecule has 6 nitrogen and oxygen atoms in total. The van der Waals surface area contributed by atoms with Crippen LogP contribution in [0.15, 0.2) is 55.0 Å². The van der Waals surface area contributed by atoms with Gasteiger partial charge in [-0.05, 0) is 37.6 Å². The van der Waals surface area contributed by atoms with E-state index in [1.807, 2.05) is 25.1 Å². The summed E-state index contributed by atoms with van der Waals surface area (Å²) in [7, 11) is 0. The molecule has 0 saturated carbocycles. The van der Waals surface area contributed by atoms with Crippen LogP contribution in [0.3, 0.4) is 0 Å². The first-order valence-electron chi connectivity index (χ1n) is 11.5. The first-order valence-corrected chi connectivity index (χ1v) is 11.5. The van der Waals surface area contributed by atoms with Gasteiger partial charge in [0.25, 0.3) is 0 Å². The Morgan fingerprint density at radius 3 is 2.47 bits per heavy atom. The first-order chi connectivity index (χ1) is 16.4. The maximum atomic E-state index is 12.9. The Morgan fingerprint density at radius 2 is 1.74 bits per heavy atom. The molecule has 2 aromatic carbocycles. The van der Waals surface area contributed by atoms with Crippen LogP contribution in [0.1, 0.15) is 31.2 Å². The summed E-state index contributed by atoms with van der Waals surface area (Å²) < 4.78 is 54.2. The van der Waals surface area contributed by atoms with Gasteiger partial charge in [0.15, 0.2) is 11.5 Å². The second-order valence-electron chi connectivity index (χ2n) is 8.40. The minimum absolute atomic E-state index is 0.248. The number of para-hydroxylation sites is 2. The highest BCUT2D eigenvalue weighted by Gasteiger charge is 2.34. The molecule has 0 aromatic heterocycles. The van der Waals surface area contributed by atoms with Crippen LogP contribution >= 0.6 is 0 Å². The molecule has 2 aliphatic heterocycles. The molecule has 0 radical (unpaired) electrons. The van der Waals surface area contributed by atoms with Gasteiger partial charge in [-0.2, -0.15) is 0 Å². The number of ether oxygens (including phenoxy) is 3. The van der Waals surface area contributed by atoms with Crippen LogP contribution in [-0.2, 0) is 0 Å². The molecule has 2 unspecified atom stereocenters. The number of anilines is 1. The number of nitrogens with zero attached hydrogens (tertiary/aromatic N) is 2. The van der Waals surface area contributed by atoms with Gasteiger partial charge < -0.3 is 24.2 Å². The Kier molecular flexibility index (Phi) is 7.53. The summed E-state index contributed by atoms with van der Waals surface area (Å²) in [6.07, 6.45) is -1.57. The predicted molar refractivity (Wildman–Crippen MR) is 122 cm³/mol. The van der Waals surface area contributed by atoms with Crippen LogP contribution in [0.25, 0.3) is 0 Å². The van der Waals surface area contributed by atoms with Crippen molar-refractivity contribution in [2.45, 2.75) is 38.1 Å². The largest absolute Gasteiger partial charge is 0.573 e. The third kappa shape index (κ3) is 5.77. The third-order valence-corrected chi connectivity index (χ3v) is 6.29. The highest BCUT2D eigenvalue weighted by Crippen LogP contribution is 2.40. The van der Waals surface area contributed by atoms with Gasteiger partial charge in [0.2, 0.25) is 0 Å². The van der Waals surface area contributed by atoms with Crippen LogP contribution in [-0.4, -0.2) is 55.2 Å². The molecule has 1 saturated heterocycles. The van der Waals surface area contributed by atoms with Crippen LogP contribution in [0, 0.1) is 0 Å². The standard InChI is InChI=1S/C25H29F3N2O4/c1-2-21(31)18(19-6-3-4-8-22(19)34-25(26,27)28)10-11-29-12-14-30(15-13-29)20-7-5-9-23-24(20)33-17-16-32-23/h3-9,16-18,21,31H,2,10-15H2,1H3. The summed E-state index contributed by atoms with van der Waals surface area (Å²) in [4.78, 5) is 4.51. The Balaban J connectivity index is 1.39. The van der Waals surface area contributed by atoms with Crippen molar-refractivity contribution < 1.29 is 32.5 Å². The molecular formula is C25H29F3N2O4. The van der Waals surface area contributed by atoms with Crippen LogP contribution in [0.4, 0.5) is 18.9 Å². The molecule has 2 heterocycles. The average Bonchev–Trinajstić information content (AvgIpc) is 2.84. The van der Waals surface area contributed by atoms with Crippen molar-refractivity contribution >= 4 is 5.69 Å². The van der Waals surface area contributed by atoms with Crippen molar-refractivity contribution in [3.63, 3.8) is 0 Å². The lowest BCUT2D eigenvalue weighted by atomic mass is 9.88. The smallest absolute Gasteiger partial charge is 0.458 e. The van der Waals surface area contributed by atoms with Gasteiger partial charge in [0.05, 0.1) is 11.8 Å². The first kappa shape index (κ1) is 24.2. The lowest BCUT2D eigenvalue weighted by Gasteiger charge is -2.37. The maximum Gasteiger partial charge on any atom is 0.573 e. The molecule has 0 spiro atoms. The van der Waals surface area contributed by atoms with Gasteiger partial charge >= 0.3 is 6.36 Å². The fourth-order valence-electron chi connectivity index (χ4n) is 4.54. The number of rotatable bonds is 8. The minimum Gasteiger partial charge on any atom is -0.458 e. The fourth-order valence-corrected chi connectivity index (χ4v) is 4.54. The maximum absolute atomic E-state index is 12.9. The zero-order chi connectivity index (χ0) is 24.1. The van der Waals surface area contributed by atoms with Crippen molar-refractivity contribution in [1.29, 1.82) is 0 Å². The highest BCUT2D eigenvalue weighted by atomic mass is 19.4. The number of alkyl halides is 3. The molecule has 0 bridgehead atoms. The SMILES string of the molecule is CCC(O)C(CCN1CCN(c2cccc3c2OC=CO3)CC1)c1ccccc1OC(F)(F)F. The summed E-state index contributed by atoms with van der Waals surface area (Å²) in [5, 5.41) is 10.6. The molecule has 4 rings (SSSR count). The number of benzene rings is 2. The lowest BCUT2D eigenvalue weighted by molar-refractivity contribution is -0.275. The van der Waals surface area contributed by atoms with Gasteiger partial charge in [0, 0.05) is 37.7 Å². The van der Waals surface area contributed by atoms with Crippen LogP contribution in [0.5, 0.6) is 17.2 Å². The second kappa shape index (κ2) is 10.6. The van der Waals surface area contributed by atoms with Crippen LogP contribution < -0.4 is 19.1 Å². The number of hydrogen-bond donors (Lipinski definition) is 1. The summed E-state index contributed by atoms with van der Waals surface area (Å²) in [6, 6.07) is 11.9. The number of piperazine rings is 1. The molecule has 1 N–H and O–H groups in total. The van der Waals surface area contributed by atoms with Gasteiger partial charge in [0.1, 0.15) is 18.3 Å². The summed E-state index contributed by atoms with van der Waals surface area (Å²) >= 11 is 0. The molecule has 1 fully saturated rings. The topological polar surface area (TPSA) is 54.4 Å². The Bertz CT molecular complexity index is 990. The van der Waals surface area contributed by atoms with E-state index in [1.54, 1.807) is 12.1 Å². The van der Waals surface area contributed by atoms with Gasteiger partial charge in [-0.3, -0.25) is 4.90 Å². The number of aliphatic hydroxyl groups is 1. The Hall–Kier alpha value is -2.91. The number of hydrogen-bond acceptors (Lipinski definition) is 6. The molecule has 9 heteroatoms. The molecule has 184 valence electrons. The van der Waals surface area contributed by atoms with Crippen LogP contribution in [0.2, 0.25) is 0 Å². The summed E-state index contributed by atoms with van der Waals surface area (Å²) in [5.41, 5.74) is 1.35. The van der Waals surface area contributed by atoms with Gasteiger partial charge in [-0.1, -0.05) is 31.2 Å². The fraction of sp³-hybridized carbons (Fsp3) is 0.440. The molecule has 2 aromatic rings. The van der Waals surface area contributed by atoms with E-state index in [4.69, 9.17) is 9.47 Å². The number of fused-ring (bicyclic) bond motifs is 1. The normalized spacial score (nSPS) is 18.0. The lowest BCUT2D eigenvalue weighted by Crippen LogP contribution is -2.47. The van der Waals surface area contributed by atoms with Crippen molar-refractivity contribution in [1.82, 2.24) is 4.90 Å². The number of halogens is 3. The minimum atomic E-state index is -4.78. The van der Waals surface area contributed by atoms with E-state index in [0.717, 1.165) is 31.9 Å². The van der Waals surface area contributed by atoms with E-state index in [2.05, 4.69) is 14.5 Å². The second-order valence-corrected chi connectivity index (χ2v) is 8.40. The van der Waals surface area contributed by atoms with Crippen molar-refractivity contribution in [2.24, 2.45) is 0 Å². The molecule has 0 amide bonds. The van der Waals surface area contributed by atoms with Crippen molar-refractivity contribution in [2.75, 3.05) is 37.6 Å². The van der Waals surface area contributed by atoms with Gasteiger partial charge in [-0.15, -0.1) is 13.2 Å². The molecule has 34 heavy (non-hydrogen) atoms. The number of aliphatic hydroxyl groups excluding tert-OH is 1. The van der Waals surface area contributed by atoms with E-state index in [0.29, 0.717) is 36.4 Å². The quantitative estimate of drug-likeness (QED) is 0.583. The zero-order valence-corrected chi connectivity index (χ0v) is 19.0.